The predicted octanol–water partition coefficient (Wildman–Crippen LogP) is 4.78. The van der Waals surface area contributed by atoms with Crippen LogP contribution in [0, 0.1) is 6.92 Å². The zero-order valence-electron chi connectivity index (χ0n) is 12.3. The van der Waals surface area contributed by atoms with E-state index in [4.69, 9.17) is 23.2 Å². The molecule has 1 unspecified atom stereocenters. The quantitative estimate of drug-likeness (QED) is 0.795. The van der Waals surface area contributed by atoms with E-state index < -0.39 is 0 Å². The first-order chi connectivity index (χ1) is 9.99. The normalized spacial score (nSPS) is 12.7. The van der Waals surface area contributed by atoms with Gasteiger partial charge in [-0.05, 0) is 49.0 Å². The summed E-state index contributed by atoms with van der Waals surface area (Å²) in [6.45, 7) is 4.91. The Kier molecular flexibility index (Phi) is 5.72. The highest BCUT2D eigenvalue weighted by molar-refractivity contribution is 9.10. The van der Waals surface area contributed by atoms with Gasteiger partial charge in [-0.25, -0.2) is 0 Å². The Hall–Kier alpha value is -0.550. The molecule has 0 spiro atoms. The monoisotopic (exact) mass is 389 g/mol. The maximum Gasteiger partial charge on any atom is 0.0738 e. The molecule has 0 saturated carbocycles. The van der Waals surface area contributed by atoms with Gasteiger partial charge in [-0.15, -0.1) is 0 Å². The molecule has 1 aromatic heterocycles. The summed E-state index contributed by atoms with van der Waals surface area (Å²) in [6, 6.07) is 5.62. The lowest BCUT2D eigenvalue weighted by molar-refractivity contribution is 0.540. The molecule has 1 heterocycles. The molecule has 114 valence electrons. The summed E-state index contributed by atoms with van der Waals surface area (Å²) in [5, 5.41) is 9.19. The Balaban J connectivity index is 2.41. The van der Waals surface area contributed by atoms with Crippen molar-refractivity contribution in [2.75, 3.05) is 7.05 Å². The largest absolute Gasteiger partial charge is 0.313 e. The van der Waals surface area contributed by atoms with Gasteiger partial charge < -0.3 is 5.32 Å². The number of aryl methyl sites for hydroxylation is 2. The molecule has 0 radical (unpaired) electrons. The highest BCUT2D eigenvalue weighted by atomic mass is 79.9. The number of aromatic nitrogens is 2. The summed E-state index contributed by atoms with van der Waals surface area (Å²) in [4.78, 5) is 0. The minimum absolute atomic E-state index is 0.0314. The van der Waals surface area contributed by atoms with Gasteiger partial charge in [-0.2, -0.15) is 5.10 Å². The number of likely N-dealkylation sites (N-methyl/N-ethyl adjacent to an activating group) is 1. The molecule has 0 fully saturated rings. The van der Waals surface area contributed by atoms with E-state index in [1.165, 1.54) is 0 Å². The van der Waals surface area contributed by atoms with Gasteiger partial charge in [-0.1, -0.05) is 29.3 Å². The number of hydrogen-bond donors (Lipinski definition) is 1. The molecule has 0 aliphatic heterocycles. The summed E-state index contributed by atoms with van der Waals surface area (Å²) in [5.74, 6) is 0. The highest BCUT2D eigenvalue weighted by Crippen LogP contribution is 2.33. The molecule has 1 atom stereocenters. The molecular formula is C15H18BrCl2N3. The number of hydrogen-bond acceptors (Lipinski definition) is 2. The van der Waals surface area contributed by atoms with Crippen LogP contribution in [-0.2, 0) is 13.0 Å². The Bertz CT molecular complexity index is 620. The van der Waals surface area contributed by atoms with Gasteiger partial charge in [0.25, 0.3) is 0 Å². The van der Waals surface area contributed by atoms with E-state index in [0.29, 0.717) is 10.0 Å². The third-order valence-corrected chi connectivity index (χ3v) is 5.24. The van der Waals surface area contributed by atoms with Crippen LogP contribution >= 0.6 is 39.1 Å². The summed E-state index contributed by atoms with van der Waals surface area (Å²) < 4.78 is 3.06. The maximum absolute atomic E-state index is 6.33. The Labute approximate surface area is 143 Å². The highest BCUT2D eigenvalue weighted by Gasteiger charge is 2.21. The summed E-state index contributed by atoms with van der Waals surface area (Å²) in [5.41, 5.74) is 3.06. The standard InChI is InChI=1S/C15H18BrCl2N3/c1-4-21-13(15(16)9(2)20-21)8-12(19-3)14-10(17)6-5-7-11(14)18/h5-7,12,19H,4,8H2,1-3H3. The first-order valence-corrected chi connectivity index (χ1v) is 8.37. The van der Waals surface area contributed by atoms with Crippen molar-refractivity contribution in [2.24, 2.45) is 0 Å². The molecule has 0 aliphatic carbocycles. The van der Waals surface area contributed by atoms with Gasteiger partial charge in [0.1, 0.15) is 0 Å². The molecule has 1 N–H and O–H groups in total. The molecule has 6 heteroatoms. The van der Waals surface area contributed by atoms with E-state index in [-0.39, 0.29) is 6.04 Å². The fourth-order valence-corrected chi connectivity index (χ4v) is 3.56. The van der Waals surface area contributed by atoms with Gasteiger partial charge in [0.15, 0.2) is 0 Å². The van der Waals surface area contributed by atoms with Crippen molar-refractivity contribution in [1.29, 1.82) is 0 Å². The minimum Gasteiger partial charge on any atom is -0.313 e. The van der Waals surface area contributed by atoms with Gasteiger partial charge in [0.05, 0.1) is 15.9 Å². The van der Waals surface area contributed by atoms with Crippen molar-refractivity contribution in [2.45, 2.75) is 32.9 Å². The molecule has 3 nitrogen and oxygen atoms in total. The maximum atomic E-state index is 6.33. The lowest BCUT2D eigenvalue weighted by Crippen LogP contribution is -2.21. The molecule has 2 rings (SSSR count). The van der Waals surface area contributed by atoms with Crippen LogP contribution in [0.2, 0.25) is 10.0 Å². The first-order valence-electron chi connectivity index (χ1n) is 6.82. The molecular weight excluding hydrogens is 373 g/mol. The van der Waals surface area contributed by atoms with E-state index in [2.05, 4.69) is 33.3 Å². The van der Waals surface area contributed by atoms with Crippen LogP contribution in [-0.4, -0.2) is 16.8 Å². The number of benzene rings is 1. The van der Waals surface area contributed by atoms with Gasteiger partial charge in [0.2, 0.25) is 0 Å². The van der Waals surface area contributed by atoms with Crippen molar-refractivity contribution < 1.29 is 0 Å². The van der Waals surface area contributed by atoms with Crippen LogP contribution in [0.3, 0.4) is 0 Å². The van der Waals surface area contributed by atoms with Crippen LogP contribution in [0.1, 0.15) is 29.9 Å². The van der Waals surface area contributed by atoms with Gasteiger partial charge in [-0.3, -0.25) is 4.68 Å². The molecule has 0 amide bonds. The Morgan fingerprint density at radius 2 is 1.95 bits per heavy atom. The lowest BCUT2D eigenvalue weighted by Gasteiger charge is -2.20. The fraction of sp³-hybridized carbons (Fsp3) is 0.400. The van der Waals surface area contributed by atoms with Gasteiger partial charge >= 0.3 is 0 Å². The summed E-state index contributed by atoms with van der Waals surface area (Å²) in [7, 11) is 1.91. The second-order valence-electron chi connectivity index (χ2n) is 4.84. The van der Waals surface area contributed by atoms with Crippen molar-refractivity contribution in [3.63, 3.8) is 0 Å². The smallest absolute Gasteiger partial charge is 0.0738 e. The molecule has 1 aromatic carbocycles. The summed E-state index contributed by atoms with van der Waals surface area (Å²) in [6.07, 6.45) is 0.759. The Morgan fingerprint density at radius 1 is 1.33 bits per heavy atom. The fourth-order valence-electron chi connectivity index (χ4n) is 2.45. The molecule has 2 aromatic rings. The van der Waals surface area contributed by atoms with Crippen LogP contribution in [0.5, 0.6) is 0 Å². The average molecular weight is 391 g/mol. The molecule has 0 saturated heterocycles. The zero-order valence-corrected chi connectivity index (χ0v) is 15.3. The third kappa shape index (κ3) is 3.45. The van der Waals surface area contributed by atoms with E-state index in [1.807, 2.05) is 36.9 Å². The van der Waals surface area contributed by atoms with Crippen LogP contribution in [0.15, 0.2) is 22.7 Å². The van der Waals surface area contributed by atoms with Crippen molar-refractivity contribution in [3.8, 4) is 0 Å². The Morgan fingerprint density at radius 3 is 2.48 bits per heavy atom. The van der Waals surface area contributed by atoms with Crippen LogP contribution in [0.4, 0.5) is 0 Å². The molecule has 0 bridgehead atoms. The van der Waals surface area contributed by atoms with E-state index in [9.17, 15) is 0 Å². The number of nitrogens with one attached hydrogen (secondary N) is 1. The van der Waals surface area contributed by atoms with Gasteiger partial charge in [0, 0.05) is 34.6 Å². The second-order valence-corrected chi connectivity index (χ2v) is 6.45. The first kappa shape index (κ1) is 16.8. The van der Waals surface area contributed by atoms with Crippen molar-refractivity contribution in [1.82, 2.24) is 15.1 Å². The summed E-state index contributed by atoms with van der Waals surface area (Å²) >= 11 is 16.3. The number of halogens is 3. The molecule has 21 heavy (non-hydrogen) atoms. The lowest BCUT2D eigenvalue weighted by atomic mass is 10.0. The topological polar surface area (TPSA) is 29.9 Å². The zero-order chi connectivity index (χ0) is 15.6. The third-order valence-electron chi connectivity index (χ3n) is 3.55. The van der Waals surface area contributed by atoms with Crippen LogP contribution in [0.25, 0.3) is 0 Å². The average Bonchev–Trinajstić information content (AvgIpc) is 2.73. The van der Waals surface area contributed by atoms with Crippen molar-refractivity contribution >= 4 is 39.1 Å². The van der Waals surface area contributed by atoms with E-state index in [1.54, 1.807) is 0 Å². The van der Waals surface area contributed by atoms with E-state index in [0.717, 1.165) is 34.4 Å². The van der Waals surface area contributed by atoms with Crippen LogP contribution < -0.4 is 5.32 Å². The molecule has 0 aliphatic rings. The van der Waals surface area contributed by atoms with E-state index >= 15 is 0 Å². The number of rotatable bonds is 5. The second kappa shape index (κ2) is 7.14. The number of nitrogens with zero attached hydrogens (tertiary/aromatic N) is 2. The minimum atomic E-state index is 0.0314. The predicted molar refractivity (Wildman–Crippen MR) is 92.3 cm³/mol. The SMILES string of the molecule is CCn1nc(C)c(Br)c1CC(NC)c1c(Cl)cccc1Cl. The van der Waals surface area contributed by atoms with Crippen molar-refractivity contribution in [3.05, 3.63) is 49.7 Å².